The second kappa shape index (κ2) is 5.79. The molecule has 0 atom stereocenters. The SMILES string of the molecule is CCOc1cccc(Oc2cc(Br)nc(C3CC3)n2)c1. The fourth-order valence-corrected chi connectivity index (χ4v) is 2.28. The molecular weight excluding hydrogens is 320 g/mol. The van der Waals surface area contributed by atoms with E-state index in [1.807, 2.05) is 31.2 Å². The van der Waals surface area contributed by atoms with Gasteiger partial charge in [-0.2, -0.15) is 4.98 Å². The van der Waals surface area contributed by atoms with E-state index in [0.29, 0.717) is 24.2 Å². The van der Waals surface area contributed by atoms with Crippen LogP contribution in [0.3, 0.4) is 0 Å². The van der Waals surface area contributed by atoms with Crippen LogP contribution in [0.15, 0.2) is 34.9 Å². The molecule has 1 aliphatic rings. The van der Waals surface area contributed by atoms with Crippen LogP contribution in [0.1, 0.15) is 31.5 Å². The van der Waals surface area contributed by atoms with E-state index in [1.54, 1.807) is 6.07 Å². The summed E-state index contributed by atoms with van der Waals surface area (Å²) >= 11 is 3.41. The normalized spacial score (nSPS) is 14.1. The van der Waals surface area contributed by atoms with E-state index in [9.17, 15) is 0 Å². The van der Waals surface area contributed by atoms with Crippen molar-refractivity contribution in [3.63, 3.8) is 0 Å². The van der Waals surface area contributed by atoms with Crippen LogP contribution in [-0.4, -0.2) is 16.6 Å². The zero-order valence-corrected chi connectivity index (χ0v) is 12.8. The highest BCUT2D eigenvalue weighted by Crippen LogP contribution is 2.39. The fourth-order valence-electron chi connectivity index (χ4n) is 1.91. The third-order valence-electron chi connectivity index (χ3n) is 2.97. The van der Waals surface area contributed by atoms with Crippen molar-refractivity contribution in [1.29, 1.82) is 0 Å². The van der Waals surface area contributed by atoms with Crippen molar-refractivity contribution >= 4 is 15.9 Å². The Hall–Kier alpha value is -1.62. The largest absolute Gasteiger partial charge is 0.494 e. The maximum Gasteiger partial charge on any atom is 0.223 e. The average molecular weight is 335 g/mol. The van der Waals surface area contributed by atoms with Crippen LogP contribution in [-0.2, 0) is 0 Å². The molecule has 2 aromatic rings. The maximum absolute atomic E-state index is 5.80. The van der Waals surface area contributed by atoms with Crippen LogP contribution < -0.4 is 9.47 Å². The van der Waals surface area contributed by atoms with Crippen molar-refractivity contribution in [2.45, 2.75) is 25.7 Å². The Kier molecular flexibility index (Phi) is 3.87. The maximum atomic E-state index is 5.80. The summed E-state index contributed by atoms with van der Waals surface area (Å²) in [7, 11) is 0. The lowest BCUT2D eigenvalue weighted by Gasteiger charge is -2.08. The Balaban J connectivity index is 1.81. The van der Waals surface area contributed by atoms with Crippen molar-refractivity contribution in [2.24, 2.45) is 0 Å². The topological polar surface area (TPSA) is 44.2 Å². The summed E-state index contributed by atoms with van der Waals surface area (Å²) in [5.41, 5.74) is 0. The molecule has 4 nitrogen and oxygen atoms in total. The summed E-state index contributed by atoms with van der Waals surface area (Å²) in [6.45, 7) is 2.59. The van der Waals surface area contributed by atoms with Crippen LogP contribution in [0.25, 0.3) is 0 Å². The average Bonchev–Trinajstić information content (AvgIpc) is 3.23. The van der Waals surface area contributed by atoms with Gasteiger partial charge in [0.2, 0.25) is 5.88 Å². The first kappa shape index (κ1) is 13.4. The van der Waals surface area contributed by atoms with Gasteiger partial charge in [-0.25, -0.2) is 4.98 Å². The summed E-state index contributed by atoms with van der Waals surface area (Å²) in [6.07, 6.45) is 2.32. The summed E-state index contributed by atoms with van der Waals surface area (Å²) in [6, 6.07) is 9.32. The Morgan fingerprint density at radius 2 is 2.00 bits per heavy atom. The molecule has 20 heavy (non-hydrogen) atoms. The molecule has 0 unspecified atom stereocenters. The number of benzene rings is 1. The molecule has 0 aliphatic heterocycles. The standard InChI is InChI=1S/C15H15BrN2O2/c1-2-19-11-4-3-5-12(8-11)20-14-9-13(16)17-15(18-14)10-6-7-10/h3-5,8-10H,2,6-7H2,1H3. The minimum atomic E-state index is 0.490. The minimum Gasteiger partial charge on any atom is -0.494 e. The summed E-state index contributed by atoms with van der Waals surface area (Å²) in [5.74, 6) is 3.41. The van der Waals surface area contributed by atoms with Gasteiger partial charge in [-0.1, -0.05) is 6.07 Å². The molecule has 0 saturated heterocycles. The number of hydrogen-bond donors (Lipinski definition) is 0. The van der Waals surface area contributed by atoms with Crippen molar-refractivity contribution in [3.8, 4) is 17.4 Å². The lowest BCUT2D eigenvalue weighted by Crippen LogP contribution is -1.97. The van der Waals surface area contributed by atoms with Crippen LogP contribution >= 0.6 is 15.9 Å². The highest BCUT2D eigenvalue weighted by atomic mass is 79.9. The second-order valence-electron chi connectivity index (χ2n) is 4.67. The zero-order chi connectivity index (χ0) is 13.9. The molecule has 1 aliphatic carbocycles. The minimum absolute atomic E-state index is 0.490. The van der Waals surface area contributed by atoms with Gasteiger partial charge in [-0.15, -0.1) is 0 Å². The first-order valence-electron chi connectivity index (χ1n) is 6.70. The monoisotopic (exact) mass is 334 g/mol. The van der Waals surface area contributed by atoms with Crippen LogP contribution in [0, 0.1) is 0 Å². The van der Waals surface area contributed by atoms with Crippen LogP contribution in [0.5, 0.6) is 17.4 Å². The number of hydrogen-bond acceptors (Lipinski definition) is 4. The molecule has 0 N–H and O–H groups in total. The Bertz CT molecular complexity index is 615. The van der Waals surface area contributed by atoms with Crippen molar-refractivity contribution in [1.82, 2.24) is 9.97 Å². The van der Waals surface area contributed by atoms with Crippen molar-refractivity contribution in [2.75, 3.05) is 6.61 Å². The molecule has 0 spiro atoms. The summed E-state index contributed by atoms with van der Waals surface area (Å²) in [4.78, 5) is 8.85. The molecule has 1 heterocycles. The number of aromatic nitrogens is 2. The second-order valence-corrected chi connectivity index (χ2v) is 5.48. The van der Waals surface area contributed by atoms with E-state index in [-0.39, 0.29) is 0 Å². The van der Waals surface area contributed by atoms with Gasteiger partial charge in [-0.05, 0) is 47.8 Å². The number of halogens is 1. The number of nitrogens with zero attached hydrogens (tertiary/aromatic N) is 2. The van der Waals surface area contributed by atoms with Crippen molar-refractivity contribution < 1.29 is 9.47 Å². The van der Waals surface area contributed by atoms with Gasteiger partial charge in [-0.3, -0.25) is 0 Å². The van der Waals surface area contributed by atoms with Crippen LogP contribution in [0.2, 0.25) is 0 Å². The van der Waals surface area contributed by atoms with E-state index in [0.717, 1.165) is 29.0 Å². The van der Waals surface area contributed by atoms with Gasteiger partial charge >= 0.3 is 0 Å². The van der Waals surface area contributed by atoms with Gasteiger partial charge in [0, 0.05) is 18.1 Å². The first-order valence-corrected chi connectivity index (χ1v) is 7.49. The van der Waals surface area contributed by atoms with Gasteiger partial charge in [0.05, 0.1) is 6.61 Å². The van der Waals surface area contributed by atoms with Crippen LogP contribution in [0.4, 0.5) is 0 Å². The van der Waals surface area contributed by atoms with E-state index >= 15 is 0 Å². The van der Waals surface area contributed by atoms with Gasteiger partial charge in [0.25, 0.3) is 0 Å². The molecule has 1 aromatic carbocycles. The first-order chi connectivity index (χ1) is 9.74. The molecule has 1 aromatic heterocycles. The molecule has 0 bridgehead atoms. The fraction of sp³-hybridized carbons (Fsp3) is 0.333. The highest BCUT2D eigenvalue weighted by molar-refractivity contribution is 9.10. The molecule has 3 rings (SSSR count). The molecule has 5 heteroatoms. The molecule has 1 fully saturated rings. The van der Waals surface area contributed by atoms with Gasteiger partial charge < -0.3 is 9.47 Å². The van der Waals surface area contributed by atoms with Gasteiger partial charge in [0.15, 0.2) is 0 Å². The third kappa shape index (κ3) is 3.28. The van der Waals surface area contributed by atoms with E-state index < -0.39 is 0 Å². The molecule has 1 saturated carbocycles. The Labute approximate surface area is 126 Å². The predicted molar refractivity (Wildman–Crippen MR) is 79.4 cm³/mol. The zero-order valence-electron chi connectivity index (χ0n) is 11.2. The van der Waals surface area contributed by atoms with Crippen molar-refractivity contribution in [3.05, 3.63) is 40.8 Å². The third-order valence-corrected chi connectivity index (χ3v) is 3.38. The summed E-state index contributed by atoms with van der Waals surface area (Å²) < 4.78 is 12.0. The highest BCUT2D eigenvalue weighted by Gasteiger charge is 2.27. The lowest BCUT2D eigenvalue weighted by atomic mass is 10.3. The quantitative estimate of drug-likeness (QED) is 0.764. The Morgan fingerprint density at radius 1 is 1.20 bits per heavy atom. The molecule has 0 amide bonds. The lowest BCUT2D eigenvalue weighted by molar-refractivity contribution is 0.338. The molecular formula is C15H15BrN2O2. The smallest absolute Gasteiger partial charge is 0.223 e. The van der Waals surface area contributed by atoms with E-state index in [2.05, 4.69) is 25.9 Å². The number of rotatable bonds is 5. The Morgan fingerprint density at radius 3 is 2.75 bits per heavy atom. The predicted octanol–water partition coefficient (Wildman–Crippen LogP) is 4.31. The van der Waals surface area contributed by atoms with Gasteiger partial charge in [0.1, 0.15) is 21.9 Å². The number of ether oxygens (including phenoxy) is 2. The van der Waals surface area contributed by atoms with E-state index in [1.165, 1.54) is 0 Å². The molecule has 0 radical (unpaired) electrons. The molecule has 104 valence electrons. The summed E-state index contributed by atoms with van der Waals surface area (Å²) in [5, 5.41) is 0. The van der Waals surface area contributed by atoms with E-state index in [4.69, 9.17) is 9.47 Å².